The summed E-state index contributed by atoms with van der Waals surface area (Å²) in [7, 11) is 0. The molecule has 1 aromatic carbocycles. The summed E-state index contributed by atoms with van der Waals surface area (Å²) in [6.07, 6.45) is 1.13. The van der Waals surface area contributed by atoms with Crippen LogP contribution < -0.4 is 5.56 Å². The molecule has 0 saturated heterocycles. The first-order chi connectivity index (χ1) is 8.08. The fraction of sp³-hybridized carbons (Fsp3) is 0. The number of halogens is 1. The van der Waals surface area contributed by atoms with Crippen molar-refractivity contribution in [2.75, 3.05) is 0 Å². The van der Waals surface area contributed by atoms with Gasteiger partial charge < -0.3 is 10.1 Å². The van der Waals surface area contributed by atoms with Crippen molar-refractivity contribution in [3.05, 3.63) is 51.0 Å². The van der Waals surface area contributed by atoms with E-state index in [1.54, 1.807) is 24.3 Å². The Morgan fingerprint density at radius 2 is 1.94 bits per heavy atom. The molecule has 6 heteroatoms. The minimum absolute atomic E-state index is 0.197. The molecular weight excluding hydrogens is 288 g/mol. The fourth-order valence-corrected chi connectivity index (χ4v) is 1.59. The number of aromatic amines is 1. The molecule has 17 heavy (non-hydrogen) atoms. The van der Waals surface area contributed by atoms with Crippen molar-refractivity contribution in [1.82, 2.24) is 9.97 Å². The van der Waals surface area contributed by atoms with Gasteiger partial charge in [0.15, 0.2) is 0 Å². The highest BCUT2D eigenvalue weighted by atomic mass is 79.9. The molecule has 0 aliphatic rings. The molecular formula is C11H7BrN2O3. The maximum atomic E-state index is 11.6. The van der Waals surface area contributed by atoms with Gasteiger partial charge in [-0.2, -0.15) is 0 Å². The van der Waals surface area contributed by atoms with E-state index in [0.717, 1.165) is 10.7 Å². The van der Waals surface area contributed by atoms with Crippen molar-refractivity contribution in [3.8, 4) is 11.3 Å². The smallest absolute Gasteiger partial charge is 0.354 e. The summed E-state index contributed by atoms with van der Waals surface area (Å²) in [4.78, 5) is 28.4. The molecule has 0 amide bonds. The molecule has 0 aliphatic heterocycles. The van der Waals surface area contributed by atoms with Crippen LogP contribution in [0.15, 0.2) is 39.7 Å². The summed E-state index contributed by atoms with van der Waals surface area (Å²) in [6, 6.07) is 7.01. The number of carboxylic acid groups (broad SMARTS) is 1. The number of rotatable bonds is 2. The fourth-order valence-electron chi connectivity index (χ4n) is 1.32. The first kappa shape index (κ1) is 11.5. The number of nitrogens with zero attached hydrogens (tertiary/aromatic N) is 1. The Bertz CT molecular complexity index is 619. The normalized spacial score (nSPS) is 10.2. The van der Waals surface area contributed by atoms with Gasteiger partial charge in [0.05, 0.1) is 6.20 Å². The van der Waals surface area contributed by atoms with E-state index in [1.807, 2.05) is 0 Å². The summed E-state index contributed by atoms with van der Waals surface area (Å²) in [5.74, 6) is -1.21. The van der Waals surface area contributed by atoms with Crippen molar-refractivity contribution >= 4 is 21.9 Å². The van der Waals surface area contributed by atoms with Crippen LogP contribution in [0.4, 0.5) is 0 Å². The Morgan fingerprint density at radius 1 is 1.29 bits per heavy atom. The van der Waals surface area contributed by atoms with Crippen LogP contribution in [0, 0.1) is 0 Å². The molecule has 0 saturated carbocycles. The topological polar surface area (TPSA) is 83.0 Å². The molecule has 86 valence electrons. The van der Waals surface area contributed by atoms with Crippen LogP contribution in [-0.2, 0) is 0 Å². The summed E-state index contributed by atoms with van der Waals surface area (Å²) in [5.41, 5.74) is 0.0805. The van der Waals surface area contributed by atoms with Gasteiger partial charge >= 0.3 is 5.97 Å². The number of aromatic carboxylic acids is 1. The Kier molecular flexibility index (Phi) is 3.06. The van der Waals surface area contributed by atoms with Crippen LogP contribution in [0.5, 0.6) is 0 Å². The van der Waals surface area contributed by atoms with Crippen molar-refractivity contribution in [2.24, 2.45) is 0 Å². The van der Waals surface area contributed by atoms with E-state index >= 15 is 0 Å². The van der Waals surface area contributed by atoms with Crippen LogP contribution in [0.3, 0.4) is 0 Å². The van der Waals surface area contributed by atoms with Gasteiger partial charge in [-0.25, -0.2) is 9.78 Å². The first-order valence-corrected chi connectivity index (χ1v) is 5.46. The minimum atomic E-state index is -1.21. The number of hydrogen-bond donors (Lipinski definition) is 2. The molecule has 2 rings (SSSR count). The van der Waals surface area contributed by atoms with Crippen LogP contribution in [-0.4, -0.2) is 21.0 Å². The molecule has 1 aromatic heterocycles. The van der Waals surface area contributed by atoms with Gasteiger partial charge in [-0.05, 0) is 12.1 Å². The molecule has 0 atom stereocenters. The van der Waals surface area contributed by atoms with Crippen molar-refractivity contribution in [2.45, 2.75) is 0 Å². The average Bonchev–Trinajstić information content (AvgIpc) is 2.30. The monoisotopic (exact) mass is 294 g/mol. The SMILES string of the molecule is O=C(O)c1cnc(-c2ccc(Br)cc2)c(=O)[nH]1. The zero-order chi connectivity index (χ0) is 12.4. The molecule has 2 aromatic rings. The molecule has 0 spiro atoms. The molecule has 0 bridgehead atoms. The molecule has 0 radical (unpaired) electrons. The van der Waals surface area contributed by atoms with Gasteiger partial charge in [0.25, 0.3) is 5.56 Å². The zero-order valence-electron chi connectivity index (χ0n) is 8.48. The minimum Gasteiger partial charge on any atom is -0.477 e. The summed E-state index contributed by atoms with van der Waals surface area (Å²) in [5, 5.41) is 8.69. The second-order valence-electron chi connectivity index (χ2n) is 3.29. The second-order valence-corrected chi connectivity index (χ2v) is 4.20. The van der Waals surface area contributed by atoms with E-state index in [9.17, 15) is 9.59 Å². The van der Waals surface area contributed by atoms with Crippen LogP contribution in [0.1, 0.15) is 10.5 Å². The van der Waals surface area contributed by atoms with Crippen molar-refractivity contribution < 1.29 is 9.90 Å². The van der Waals surface area contributed by atoms with E-state index in [-0.39, 0.29) is 11.4 Å². The molecule has 0 unspecified atom stereocenters. The van der Waals surface area contributed by atoms with Crippen molar-refractivity contribution in [3.63, 3.8) is 0 Å². The number of carboxylic acids is 1. The van der Waals surface area contributed by atoms with E-state index < -0.39 is 11.5 Å². The largest absolute Gasteiger partial charge is 0.477 e. The van der Waals surface area contributed by atoms with Gasteiger partial charge in [-0.1, -0.05) is 28.1 Å². The molecule has 0 aliphatic carbocycles. The molecule has 0 fully saturated rings. The number of nitrogens with one attached hydrogen (secondary N) is 1. The van der Waals surface area contributed by atoms with Gasteiger partial charge in [-0.3, -0.25) is 4.79 Å². The first-order valence-electron chi connectivity index (χ1n) is 4.66. The Balaban J connectivity index is 2.50. The predicted molar refractivity (Wildman–Crippen MR) is 65.0 cm³/mol. The number of carbonyl (C=O) groups is 1. The molecule has 2 N–H and O–H groups in total. The van der Waals surface area contributed by atoms with E-state index in [1.165, 1.54) is 0 Å². The van der Waals surface area contributed by atoms with Gasteiger partial charge in [0, 0.05) is 10.0 Å². The summed E-state index contributed by atoms with van der Waals surface area (Å²) < 4.78 is 0.889. The zero-order valence-corrected chi connectivity index (χ0v) is 10.1. The van der Waals surface area contributed by atoms with Gasteiger partial charge in [-0.15, -0.1) is 0 Å². The lowest BCUT2D eigenvalue weighted by atomic mass is 10.1. The number of H-pyrrole nitrogens is 1. The highest BCUT2D eigenvalue weighted by Crippen LogP contribution is 2.16. The molecule has 1 heterocycles. The maximum Gasteiger partial charge on any atom is 0.354 e. The lowest BCUT2D eigenvalue weighted by Crippen LogP contribution is -2.16. The number of aromatic nitrogens is 2. The molecule has 5 nitrogen and oxygen atoms in total. The standard InChI is InChI=1S/C11H7BrN2O3/c12-7-3-1-6(2-4-7)9-10(15)14-8(5-13-9)11(16)17/h1-5H,(H,14,15)(H,16,17). The van der Waals surface area contributed by atoms with E-state index in [0.29, 0.717) is 5.56 Å². The third-order valence-corrected chi connectivity index (χ3v) is 2.66. The number of benzene rings is 1. The van der Waals surface area contributed by atoms with Gasteiger partial charge in [0.2, 0.25) is 0 Å². The number of hydrogen-bond acceptors (Lipinski definition) is 3. The van der Waals surface area contributed by atoms with Crippen LogP contribution in [0.25, 0.3) is 11.3 Å². The Labute approximate surface area is 104 Å². The maximum absolute atomic E-state index is 11.6. The predicted octanol–water partition coefficient (Wildman–Crippen LogP) is 1.90. The highest BCUT2D eigenvalue weighted by Gasteiger charge is 2.09. The quantitative estimate of drug-likeness (QED) is 0.886. The Hall–Kier alpha value is -1.95. The Morgan fingerprint density at radius 3 is 2.47 bits per heavy atom. The third kappa shape index (κ3) is 2.42. The summed E-state index contributed by atoms with van der Waals surface area (Å²) >= 11 is 3.28. The van der Waals surface area contributed by atoms with Crippen LogP contribution in [0.2, 0.25) is 0 Å². The van der Waals surface area contributed by atoms with Gasteiger partial charge in [0.1, 0.15) is 11.4 Å². The average molecular weight is 295 g/mol. The second kappa shape index (κ2) is 4.50. The summed E-state index contributed by atoms with van der Waals surface area (Å²) in [6.45, 7) is 0. The van der Waals surface area contributed by atoms with E-state index in [2.05, 4.69) is 25.9 Å². The highest BCUT2D eigenvalue weighted by molar-refractivity contribution is 9.10. The lowest BCUT2D eigenvalue weighted by molar-refractivity contribution is 0.0689. The van der Waals surface area contributed by atoms with Crippen molar-refractivity contribution in [1.29, 1.82) is 0 Å². The van der Waals surface area contributed by atoms with E-state index in [4.69, 9.17) is 5.11 Å². The lowest BCUT2D eigenvalue weighted by Gasteiger charge is -2.00. The third-order valence-electron chi connectivity index (χ3n) is 2.13. The van der Waals surface area contributed by atoms with Crippen LogP contribution >= 0.6 is 15.9 Å².